The Hall–Kier alpha value is -1.51. The highest BCUT2D eigenvalue weighted by Crippen LogP contribution is 2.36. The molecule has 1 aliphatic carbocycles. The first-order valence-corrected chi connectivity index (χ1v) is 7.05. The van der Waals surface area contributed by atoms with Crippen molar-refractivity contribution >= 4 is 11.6 Å². The van der Waals surface area contributed by atoms with Crippen LogP contribution in [0.1, 0.15) is 55.5 Å². The Morgan fingerprint density at radius 3 is 2.53 bits per heavy atom. The number of hydrogen-bond acceptors (Lipinski definition) is 2. The Morgan fingerprint density at radius 2 is 1.95 bits per heavy atom. The maximum Gasteiger partial charge on any atom is 0.249 e. The van der Waals surface area contributed by atoms with Gasteiger partial charge in [-0.25, -0.2) is 0 Å². The van der Waals surface area contributed by atoms with Gasteiger partial charge in [-0.3, -0.25) is 4.79 Å². The van der Waals surface area contributed by atoms with E-state index in [1.54, 1.807) is 6.07 Å². The van der Waals surface area contributed by atoms with E-state index in [0.717, 1.165) is 11.3 Å². The van der Waals surface area contributed by atoms with Gasteiger partial charge in [-0.1, -0.05) is 19.9 Å². The second-order valence-electron chi connectivity index (χ2n) is 6.43. The number of carbonyl (C=O) groups is 1. The first kappa shape index (κ1) is 13.9. The second kappa shape index (κ2) is 5.24. The maximum absolute atomic E-state index is 11.3. The Bertz CT molecular complexity index is 470. The molecule has 1 aromatic carbocycles. The molecule has 0 bridgehead atoms. The molecular weight excluding hydrogens is 236 g/mol. The van der Waals surface area contributed by atoms with E-state index >= 15 is 0 Å². The molecule has 0 unspecified atom stereocenters. The number of hydrogen-bond donors (Lipinski definition) is 2. The normalized spacial score (nSPS) is 19.1. The number of nitrogens with one attached hydrogen (secondary N) is 1. The van der Waals surface area contributed by atoms with Crippen LogP contribution in [0, 0.1) is 12.3 Å². The van der Waals surface area contributed by atoms with Gasteiger partial charge in [0.1, 0.15) is 0 Å². The molecular formula is C16H24N2O. The summed E-state index contributed by atoms with van der Waals surface area (Å²) in [5, 5.41) is 3.57. The summed E-state index contributed by atoms with van der Waals surface area (Å²) in [6.45, 7) is 6.62. The molecule has 0 heterocycles. The highest BCUT2D eigenvalue weighted by Gasteiger charge is 2.26. The van der Waals surface area contributed by atoms with Gasteiger partial charge in [0.05, 0.1) is 0 Å². The predicted octanol–water partition coefficient (Wildman–Crippen LogP) is 3.47. The van der Waals surface area contributed by atoms with Gasteiger partial charge >= 0.3 is 0 Å². The van der Waals surface area contributed by atoms with Crippen LogP contribution in [0.2, 0.25) is 0 Å². The fraction of sp³-hybridized carbons (Fsp3) is 0.562. The van der Waals surface area contributed by atoms with Crippen LogP contribution in [-0.2, 0) is 0 Å². The van der Waals surface area contributed by atoms with Gasteiger partial charge in [-0.2, -0.15) is 0 Å². The summed E-state index contributed by atoms with van der Waals surface area (Å²) in [5.41, 5.74) is 8.47. The minimum Gasteiger partial charge on any atom is -0.382 e. The van der Waals surface area contributed by atoms with Crippen molar-refractivity contribution in [3.63, 3.8) is 0 Å². The fourth-order valence-corrected chi connectivity index (χ4v) is 2.82. The highest BCUT2D eigenvalue weighted by atomic mass is 16.1. The van der Waals surface area contributed by atoms with Crippen LogP contribution < -0.4 is 11.1 Å². The molecule has 0 saturated heterocycles. The Kier molecular flexibility index (Phi) is 3.83. The minimum atomic E-state index is -0.356. The lowest BCUT2D eigenvalue weighted by Crippen LogP contribution is -2.30. The van der Waals surface area contributed by atoms with Crippen LogP contribution in [0.3, 0.4) is 0 Å². The van der Waals surface area contributed by atoms with E-state index in [2.05, 4.69) is 19.2 Å². The molecule has 1 amide bonds. The largest absolute Gasteiger partial charge is 0.382 e. The molecule has 3 N–H and O–H groups in total. The lowest BCUT2D eigenvalue weighted by molar-refractivity contribution is 0.1000. The lowest BCUT2D eigenvalue weighted by Gasteiger charge is -2.35. The smallest absolute Gasteiger partial charge is 0.249 e. The number of anilines is 1. The molecule has 0 spiro atoms. The van der Waals surface area contributed by atoms with Gasteiger partial charge in [-0.05, 0) is 55.7 Å². The van der Waals surface area contributed by atoms with Crippen molar-refractivity contribution in [2.45, 2.75) is 52.5 Å². The standard InChI is InChI=1S/C16H24N2O/c1-11-13(15(17)19)5-4-6-14(11)18-12-7-9-16(2,3)10-8-12/h4-6,12,18H,7-10H2,1-3H3,(H2,17,19). The van der Waals surface area contributed by atoms with Gasteiger partial charge < -0.3 is 11.1 Å². The summed E-state index contributed by atoms with van der Waals surface area (Å²) in [7, 11) is 0. The SMILES string of the molecule is Cc1c(NC2CCC(C)(C)CC2)cccc1C(N)=O. The zero-order valence-corrected chi connectivity index (χ0v) is 12.1. The number of rotatable bonds is 3. The van der Waals surface area contributed by atoms with Crippen molar-refractivity contribution < 1.29 is 4.79 Å². The van der Waals surface area contributed by atoms with Gasteiger partial charge in [0.2, 0.25) is 5.91 Å². The summed E-state index contributed by atoms with van der Waals surface area (Å²) in [6.07, 6.45) is 4.87. The Labute approximate surface area is 115 Å². The molecule has 1 aromatic rings. The van der Waals surface area contributed by atoms with E-state index in [-0.39, 0.29) is 5.91 Å². The number of benzene rings is 1. The molecule has 3 nitrogen and oxygen atoms in total. The third-order valence-electron chi connectivity index (χ3n) is 4.30. The third kappa shape index (κ3) is 3.28. The third-order valence-corrected chi connectivity index (χ3v) is 4.30. The predicted molar refractivity (Wildman–Crippen MR) is 79.4 cm³/mol. The minimum absolute atomic E-state index is 0.356. The molecule has 3 heteroatoms. The monoisotopic (exact) mass is 260 g/mol. The molecule has 0 atom stereocenters. The van der Waals surface area contributed by atoms with Gasteiger partial charge in [0, 0.05) is 17.3 Å². The molecule has 1 fully saturated rings. The number of nitrogens with two attached hydrogens (primary N) is 1. The Balaban J connectivity index is 2.08. The lowest BCUT2D eigenvalue weighted by atomic mass is 9.75. The summed E-state index contributed by atoms with van der Waals surface area (Å²) in [6, 6.07) is 6.21. The summed E-state index contributed by atoms with van der Waals surface area (Å²) in [5.74, 6) is -0.356. The van der Waals surface area contributed by atoms with Crippen molar-refractivity contribution in [2.24, 2.45) is 11.1 Å². The van der Waals surface area contributed by atoms with Crippen molar-refractivity contribution in [1.82, 2.24) is 0 Å². The molecule has 1 aliphatic rings. The topological polar surface area (TPSA) is 55.1 Å². The molecule has 1 saturated carbocycles. The summed E-state index contributed by atoms with van der Waals surface area (Å²) < 4.78 is 0. The fourth-order valence-electron chi connectivity index (χ4n) is 2.82. The molecule has 0 aromatic heterocycles. The van der Waals surface area contributed by atoms with Crippen LogP contribution in [-0.4, -0.2) is 11.9 Å². The van der Waals surface area contributed by atoms with E-state index in [0.29, 0.717) is 17.0 Å². The van der Waals surface area contributed by atoms with Gasteiger partial charge in [0.25, 0.3) is 0 Å². The number of amides is 1. The number of carbonyl (C=O) groups excluding carboxylic acids is 1. The first-order chi connectivity index (χ1) is 8.89. The van der Waals surface area contributed by atoms with Gasteiger partial charge in [-0.15, -0.1) is 0 Å². The van der Waals surface area contributed by atoms with E-state index < -0.39 is 0 Å². The van der Waals surface area contributed by atoms with Crippen LogP contribution in [0.25, 0.3) is 0 Å². The van der Waals surface area contributed by atoms with E-state index in [1.807, 2.05) is 19.1 Å². The molecule has 104 valence electrons. The van der Waals surface area contributed by atoms with E-state index in [9.17, 15) is 4.79 Å². The summed E-state index contributed by atoms with van der Waals surface area (Å²) >= 11 is 0. The van der Waals surface area contributed by atoms with Crippen molar-refractivity contribution in [2.75, 3.05) is 5.32 Å². The average Bonchev–Trinajstić information content (AvgIpc) is 2.34. The van der Waals surface area contributed by atoms with Crippen molar-refractivity contribution in [1.29, 1.82) is 0 Å². The van der Waals surface area contributed by atoms with Crippen LogP contribution >= 0.6 is 0 Å². The zero-order valence-electron chi connectivity index (χ0n) is 12.1. The number of primary amides is 1. The Morgan fingerprint density at radius 1 is 1.32 bits per heavy atom. The van der Waals surface area contributed by atoms with Crippen molar-refractivity contribution in [3.8, 4) is 0 Å². The highest BCUT2D eigenvalue weighted by molar-refractivity contribution is 5.95. The maximum atomic E-state index is 11.3. The second-order valence-corrected chi connectivity index (χ2v) is 6.43. The van der Waals surface area contributed by atoms with Crippen LogP contribution in [0.15, 0.2) is 18.2 Å². The zero-order chi connectivity index (χ0) is 14.0. The average molecular weight is 260 g/mol. The van der Waals surface area contributed by atoms with Gasteiger partial charge in [0.15, 0.2) is 0 Å². The van der Waals surface area contributed by atoms with E-state index in [4.69, 9.17) is 5.73 Å². The summed E-state index contributed by atoms with van der Waals surface area (Å²) in [4.78, 5) is 11.3. The van der Waals surface area contributed by atoms with Crippen LogP contribution in [0.4, 0.5) is 5.69 Å². The van der Waals surface area contributed by atoms with E-state index in [1.165, 1.54) is 25.7 Å². The van der Waals surface area contributed by atoms with Crippen molar-refractivity contribution in [3.05, 3.63) is 29.3 Å². The molecule has 2 rings (SSSR count). The quantitative estimate of drug-likeness (QED) is 0.874. The van der Waals surface area contributed by atoms with Crippen LogP contribution in [0.5, 0.6) is 0 Å². The first-order valence-electron chi connectivity index (χ1n) is 7.05. The molecule has 0 radical (unpaired) electrons. The molecule has 0 aliphatic heterocycles. The molecule has 19 heavy (non-hydrogen) atoms.